The average molecular weight is 222 g/mol. The van der Waals surface area contributed by atoms with Crippen molar-refractivity contribution in [1.29, 1.82) is 0 Å². The Morgan fingerprint density at radius 1 is 0.875 bits per heavy atom. The molecule has 1 heteroatoms. The monoisotopic (exact) mass is 222 g/mol. The molecule has 0 unspecified atom stereocenters. The van der Waals surface area contributed by atoms with Gasteiger partial charge in [0.1, 0.15) is 0 Å². The first kappa shape index (κ1) is 11.1. The largest absolute Gasteiger partial charge is 0.393 e. The van der Waals surface area contributed by atoms with Crippen molar-refractivity contribution < 1.29 is 5.11 Å². The maximum atomic E-state index is 10.4. The Morgan fingerprint density at radius 2 is 1.69 bits per heavy atom. The zero-order valence-corrected chi connectivity index (χ0v) is 10.7. The van der Waals surface area contributed by atoms with E-state index in [1.54, 1.807) is 0 Å². The molecule has 1 N–H and O–H groups in total. The topological polar surface area (TPSA) is 20.2 Å². The van der Waals surface area contributed by atoms with Crippen molar-refractivity contribution >= 4 is 0 Å². The summed E-state index contributed by atoms with van der Waals surface area (Å²) in [6.07, 6.45) is 8.39. The highest BCUT2D eigenvalue weighted by Gasteiger charge is 2.47. The van der Waals surface area contributed by atoms with Crippen LogP contribution in [0.15, 0.2) is 0 Å². The fraction of sp³-hybridized carbons (Fsp3) is 1.00. The molecule has 0 saturated heterocycles. The molecule has 0 aromatic heterocycles. The minimum atomic E-state index is 0.000509. The fourth-order valence-corrected chi connectivity index (χ4v) is 5.14. The summed E-state index contributed by atoms with van der Waals surface area (Å²) in [5.41, 5.74) is 0. The Kier molecular flexibility index (Phi) is 2.78. The lowest BCUT2D eigenvalue weighted by atomic mass is 9.66. The summed E-state index contributed by atoms with van der Waals surface area (Å²) in [4.78, 5) is 0. The first-order chi connectivity index (χ1) is 7.65. The molecule has 0 aliphatic heterocycles. The van der Waals surface area contributed by atoms with Gasteiger partial charge in [-0.05, 0) is 67.6 Å². The molecule has 0 heterocycles. The normalized spacial score (nSPS) is 56.8. The molecule has 7 atom stereocenters. The van der Waals surface area contributed by atoms with Crippen LogP contribution in [0, 0.1) is 35.5 Å². The zero-order chi connectivity index (χ0) is 11.3. The van der Waals surface area contributed by atoms with Crippen molar-refractivity contribution in [2.24, 2.45) is 35.5 Å². The molecular weight excluding hydrogens is 196 g/mol. The van der Waals surface area contributed by atoms with Gasteiger partial charge in [0.2, 0.25) is 0 Å². The second-order valence-corrected chi connectivity index (χ2v) is 7.05. The molecule has 0 radical (unpaired) electrons. The number of aliphatic hydroxyl groups excluding tert-OH is 1. The highest BCUT2D eigenvalue weighted by atomic mass is 16.3. The van der Waals surface area contributed by atoms with E-state index >= 15 is 0 Å². The van der Waals surface area contributed by atoms with Crippen LogP contribution in [0.3, 0.4) is 0 Å². The van der Waals surface area contributed by atoms with Gasteiger partial charge in [0.25, 0.3) is 0 Å². The van der Waals surface area contributed by atoms with Crippen molar-refractivity contribution in [3.63, 3.8) is 0 Å². The van der Waals surface area contributed by atoms with Crippen LogP contribution in [0.4, 0.5) is 0 Å². The van der Waals surface area contributed by atoms with Crippen LogP contribution in [0.25, 0.3) is 0 Å². The van der Waals surface area contributed by atoms with Crippen LogP contribution in [-0.4, -0.2) is 11.2 Å². The zero-order valence-electron chi connectivity index (χ0n) is 10.7. The summed E-state index contributed by atoms with van der Waals surface area (Å²) in [6, 6.07) is 0. The van der Waals surface area contributed by atoms with Crippen LogP contribution >= 0.6 is 0 Å². The van der Waals surface area contributed by atoms with Gasteiger partial charge < -0.3 is 5.11 Å². The lowest BCUT2D eigenvalue weighted by molar-refractivity contribution is -0.0312. The van der Waals surface area contributed by atoms with E-state index in [1.807, 2.05) is 0 Å². The van der Waals surface area contributed by atoms with E-state index in [9.17, 15) is 5.11 Å². The van der Waals surface area contributed by atoms with Gasteiger partial charge in [-0.1, -0.05) is 20.3 Å². The molecule has 1 nitrogen and oxygen atoms in total. The van der Waals surface area contributed by atoms with Crippen LogP contribution < -0.4 is 0 Å². The third-order valence-electron chi connectivity index (χ3n) is 5.81. The summed E-state index contributed by atoms with van der Waals surface area (Å²) >= 11 is 0. The predicted molar refractivity (Wildman–Crippen MR) is 66.0 cm³/mol. The van der Waals surface area contributed by atoms with Crippen molar-refractivity contribution in [2.75, 3.05) is 0 Å². The lowest BCUT2D eigenvalue weighted by Crippen LogP contribution is -2.40. The molecule has 0 amide bonds. The van der Waals surface area contributed by atoms with E-state index in [0.29, 0.717) is 11.8 Å². The minimum Gasteiger partial charge on any atom is -0.393 e. The summed E-state index contributed by atoms with van der Waals surface area (Å²) in [7, 11) is 0. The summed E-state index contributed by atoms with van der Waals surface area (Å²) in [6.45, 7) is 4.63. The van der Waals surface area contributed by atoms with Gasteiger partial charge in [0, 0.05) is 0 Å². The Bertz CT molecular complexity index is 262. The van der Waals surface area contributed by atoms with Crippen molar-refractivity contribution in [3.8, 4) is 0 Å². The number of aliphatic hydroxyl groups is 1. The number of rotatable bonds is 1. The maximum absolute atomic E-state index is 10.4. The SMILES string of the molecule is C[C@H]1C[C@H]([C@@H]2C[C@H]3CC[C@H]2C3)[C@@H](O)[C@@H](C)C1. The Balaban J connectivity index is 1.73. The average Bonchev–Trinajstić information content (AvgIpc) is 2.84. The molecule has 2 bridgehead atoms. The highest BCUT2D eigenvalue weighted by molar-refractivity contribution is 4.97. The van der Waals surface area contributed by atoms with Crippen molar-refractivity contribution in [2.45, 2.75) is 58.5 Å². The Morgan fingerprint density at radius 3 is 2.31 bits per heavy atom. The second-order valence-electron chi connectivity index (χ2n) is 7.05. The van der Waals surface area contributed by atoms with Gasteiger partial charge in [-0.2, -0.15) is 0 Å². The van der Waals surface area contributed by atoms with E-state index in [0.717, 1.165) is 23.7 Å². The minimum absolute atomic E-state index is 0.000509. The van der Waals surface area contributed by atoms with E-state index in [2.05, 4.69) is 13.8 Å². The van der Waals surface area contributed by atoms with Gasteiger partial charge in [0.15, 0.2) is 0 Å². The Labute approximate surface area is 99.6 Å². The van der Waals surface area contributed by atoms with Crippen LogP contribution in [0.1, 0.15) is 52.4 Å². The molecule has 0 spiro atoms. The van der Waals surface area contributed by atoms with Gasteiger partial charge in [0.05, 0.1) is 6.10 Å². The van der Waals surface area contributed by atoms with Crippen LogP contribution in [-0.2, 0) is 0 Å². The van der Waals surface area contributed by atoms with Gasteiger partial charge in [-0.3, -0.25) is 0 Å². The molecule has 92 valence electrons. The smallest absolute Gasteiger partial charge is 0.0596 e. The van der Waals surface area contributed by atoms with E-state index in [-0.39, 0.29) is 6.10 Å². The number of fused-ring (bicyclic) bond motifs is 2. The highest BCUT2D eigenvalue weighted by Crippen LogP contribution is 2.54. The maximum Gasteiger partial charge on any atom is 0.0596 e. The van der Waals surface area contributed by atoms with E-state index in [1.165, 1.54) is 38.5 Å². The first-order valence-electron chi connectivity index (χ1n) is 7.33. The number of hydrogen-bond donors (Lipinski definition) is 1. The van der Waals surface area contributed by atoms with Crippen LogP contribution in [0.5, 0.6) is 0 Å². The molecule has 0 aromatic carbocycles. The standard InChI is InChI=1S/C15H26O/c1-9-5-10(2)15(16)14(6-9)13-8-11-3-4-12(13)7-11/h9-16H,3-8H2,1-2H3/t9-,10+,11+,12+,13-,14-,15+/m1/s1. The Hall–Kier alpha value is -0.0400. The molecule has 0 aromatic rings. The van der Waals surface area contributed by atoms with E-state index < -0.39 is 0 Å². The molecule has 3 rings (SSSR count). The van der Waals surface area contributed by atoms with Gasteiger partial charge in [-0.25, -0.2) is 0 Å². The summed E-state index contributed by atoms with van der Waals surface area (Å²) < 4.78 is 0. The first-order valence-corrected chi connectivity index (χ1v) is 7.33. The third kappa shape index (κ3) is 1.72. The molecule has 3 aliphatic carbocycles. The second kappa shape index (κ2) is 4.01. The summed E-state index contributed by atoms with van der Waals surface area (Å²) in [5.74, 6) is 4.88. The molecule has 3 saturated carbocycles. The van der Waals surface area contributed by atoms with Crippen LogP contribution in [0.2, 0.25) is 0 Å². The predicted octanol–water partition coefficient (Wildman–Crippen LogP) is 3.47. The third-order valence-corrected chi connectivity index (χ3v) is 5.81. The van der Waals surface area contributed by atoms with Gasteiger partial charge in [-0.15, -0.1) is 0 Å². The molecular formula is C15H26O. The van der Waals surface area contributed by atoms with E-state index in [4.69, 9.17) is 0 Å². The van der Waals surface area contributed by atoms with Crippen molar-refractivity contribution in [3.05, 3.63) is 0 Å². The van der Waals surface area contributed by atoms with Crippen molar-refractivity contribution in [1.82, 2.24) is 0 Å². The quantitative estimate of drug-likeness (QED) is 0.720. The fourth-order valence-electron chi connectivity index (χ4n) is 5.14. The molecule has 16 heavy (non-hydrogen) atoms. The lowest BCUT2D eigenvalue weighted by Gasteiger charge is -2.42. The van der Waals surface area contributed by atoms with Gasteiger partial charge >= 0.3 is 0 Å². The molecule has 3 aliphatic rings. The summed E-state index contributed by atoms with van der Waals surface area (Å²) in [5, 5.41) is 10.4. The number of hydrogen-bond acceptors (Lipinski definition) is 1. The molecule has 3 fully saturated rings.